The molecule has 0 saturated heterocycles. The quantitative estimate of drug-likeness (QED) is 0.381. The van der Waals surface area contributed by atoms with Gasteiger partial charge in [-0.2, -0.15) is 0 Å². The lowest BCUT2D eigenvalue weighted by Crippen LogP contribution is -2.03. The molecule has 0 aromatic heterocycles. The van der Waals surface area contributed by atoms with Crippen LogP contribution in [0.3, 0.4) is 0 Å². The van der Waals surface area contributed by atoms with Crippen LogP contribution >= 0.6 is 0 Å². The predicted molar refractivity (Wildman–Crippen MR) is 55.8 cm³/mol. The van der Waals surface area contributed by atoms with Crippen LogP contribution in [0.5, 0.6) is 0 Å². The maximum absolute atomic E-state index is 8.41. The van der Waals surface area contributed by atoms with Crippen LogP contribution in [0.25, 0.3) is 0 Å². The highest BCUT2D eigenvalue weighted by atomic mass is 16.5. The maximum atomic E-state index is 8.41. The van der Waals surface area contributed by atoms with Crippen molar-refractivity contribution in [3.8, 4) is 0 Å². The standard InChI is InChI=1S/C7H16O2.C3H8O2/c1-2-3-4-5-6-7(8)9;1-3(5)2-4/h7-9H,2-6H2,1H3;3-5H,2H2,1H3. The number of rotatable bonds is 6. The van der Waals surface area contributed by atoms with Gasteiger partial charge in [0.05, 0.1) is 12.7 Å². The summed E-state index contributed by atoms with van der Waals surface area (Å²) in [6, 6.07) is 0. The Hall–Kier alpha value is -0.160. The SMILES string of the molecule is CC(O)CO.CCCCCCC(O)O. The Kier molecular flexibility index (Phi) is 14.9. The molecular formula is C10H24O4. The van der Waals surface area contributed by atoms with Crippen LogP contribution < -0.4 is 0 Å². The van der Waals surface area contributed by atoms with Crippen molar-refractivity contribution in [3.05, 3.63) is 0 Å². The monoisotopic (exact) mass is 208 g/mol. The first-order valence-electron chi connectivity index (χ1n) is 5.19. The molecule has 0 aliphatic rings. The average Bonchev–Trinajstić information content (AvgIpc) is 2.13. The Bertz CT molecular complexity index is 94.1. The van der Waals surface area contributed by atoms with Crippen molar-refractivity contribution in [1.82, 2.24) is 0 Å². The summed E-state index contributed by atoms with van der Waals surface area (Å²) in [5, 5.41) is 32.8. The number of aliphatic hydroxyl groups excluding tert-OH is 3. The van der Waals surface area contributed by atoms with E-state index < -0.39 is 12.4 Å². The number of hydrogen-bond donors (Lipinski definition) is 4. The zero-order valence-corrected chi connectivity index (χ0v) is 9.19. The summed E-state index contributed by atoms with van der Waals surface area (Å²) in [5.74, 6) is 0. The third kappa shape index (κ3) is 22.6. The van der Waals surface area contributed by atoms with Crippen LogP contribution in [-0.2, 0) is 0 Å². The first-order chi connectivity index (χ1) is 6.54. The molecule has 0 amide bonds. The minimum atomic E-state index is -1.10. The highest BCUT2D eigenvalue weighted by Crippen LogP contribution is 2.03. The molecule has 0 fully saturated rings. The molecule has 14 heavy (non-hydrogen) atoms. The highest BCUT2D eigenvalue weighted by molar-refractivity contribution is 4.42. The van der Waals surface area contributed by atoms with Crippen molar-refractivity contribution in [1.29, 1.82) is 0 Å². The van der Waals surface area contributed by atoms with Crippen molar-refractivity contribution < 1.29 is 20.4 Å². The van der Waals surface area contributed by atoms with Gasteiger partial charge in [0.15, 0.2) is 6.29 Å². The van der Waals surface area contributed by atoms with Crippen molar-refractivity contribution in [2.75, 3.05) is 6.61 Å². The van der Waals surface area contributed by atoms with Crippen LogP contribution in [0.1, 0.15) is 46.0 Å². The third-order valence-electron chi connectivity index (χ3n) is 1.58. The lowest BCUT2D eigenvalue weighted by molar-refractivity contribution is -0.0465. The molecule has 0 saturated carbocycles. The summed E-state index contributed by atoms with van der Waals surface area (Å²) < 4.78 is 0. The van der Waals surface area contributed by atoms with E-state index >= 15 is 0 Å². The summed E-state index contributed by atoms with van der Waals surface area (Å²) >= 11 is 0. The zero-order valence-electron chi connectivity index (χ0n) is 9.19. The largest absolute Gasteiger partial charge is 0.394 e. The Labute approximate surface area is 86.2 Å². The smallest absolute Gasteiger partial charge is 0.151 e. The molecule has 0 aromatic rings. The highest BCUT2D eigenvalue weighted by Gasteiger charge is 1.94. The minimum Gasteiger partial charge on any atom is -0.394 e. The molecule has 4 nitrogen and oxygen atoms in total. The summed E-state index contributed by atoms with van der Waals surface area (Å²) in [5.41, 5.74) is 0. The normalized spacial score (nSPS) is 12.2. The van der Waals surface area contributed by atoms with Crippen molar-refractivity contribution >= 4 is 0 Å². The summed E-state index contributed by atoms with van der Waals surface area (Å²) in [4.78, 5) is 0. The van der Waals surface area contributed by atoms with Crippen molar-refractivity contribution in [3.63, 3.8) is 0 Å². The molecule has 0 heterocycles. The molecule has 88 valence electrons. The lowest BCUT2D eigenvalue weighted by atomic mass is 10.1. The Morgan fingerprint density at radius 2 is 1.50 bits per heavy atom. The molecule has 0 spiro atoms. The van der Waals surface area contributed by atoms with Crippen LogP contribution in [-0.4, -0.2) is 39.4 Å². The van der Waals surface area contributed by atoms with Gasteiger partial charge in [-0.05, 0) is 19.8 Å². The van der Waals surface area contributed by atoms with E-state index in [1.54, 1.807) is 0 Å². The van der Waals surface area contributed by atoms with Gasteiger partial charge in [0.1, 0.15) is 0 Å². The lowest BCUT2D eigenvalue weighted by Gasteiger charge is -2.00. The van der Waals surface area contributed by atoms with Gasteiger partial charge in [-0.25, -0.2) is 0 Å². The van der Waals surface area contributed by atoms with Crippen LogP contribution in [0.2, 0.25) is 0 Å². The van der Waals surface area contributed by atoms with Gasteiger partial charge in [-0.15, -0.1) is 0 Å². The molecule has 0 aliphatic heterocycles. The van der Waals surface area contributed by atoms with E-state index in [-0.39, 0.29) is 6.61 Å². The van der Waals surface area contributed by atoms with Gasteiger partial charge in [-0.3, -0.25) is 0 Å². The Morgan fingerprint density at radius 3 is 1.79 bits per heavy atom. The topological polar surface area (TPSA) is 80.9 Å². The van der Waals surface area contributed by atoms with Crippen LogP contribution in [0.4, 0.5) is 0 Å². The molecule has 4 N–H and O–H groups in total. The van der Waals surface area contributed by atoms with Gasteiger partial charge < -0.3 is 20.4 Å². The summed E-state index contributed by atoms with van der Waals surface area (Å²) in [7, 11) is 0. The Balaban J connectivity index is 0. The van der Waals surface area contributed by atoms with Gasteiger partial charge in [0.2, 0.25) is 0 Å². The third-order valence-corrected chi connectivity index (χ3v) is 1.58. The first kappa shape index (κ1) is 16.3. The van der Waals surface area contributed by atoms with E-state index in [2.05, 4.69) is 6.92 Å². The summed E-state index contributed by atoms with van der Waals surface area (Å²) in [6.07, 6.45) is 3.32. The van der Waals surface area contributed by atoms with Crippen LogP contribution in [0.15, 0.2) is 0 Å². The number of unbranched alkanes of at least 4 members (excludes halogenated alkanes) is 3. The van der Waals surface area contributed by atoms with Gasteiger partial charge in [-0.1, -0.05) is 26.2 Å². The van der Waals surface area contributed by atoms with E-state index in [1.807, 2.05) is 0 Å². The molecule has 1 unspecified atom stereocenters. The second-order valence-electron chi connectivity index (χ2n) is 3.36. The van der Waals surface area contributed by atoms with Gasteiger partial charge in [0.25, 0.3) is 0 Å². The predicted octanol–water partition coefficient (Wildman–Crippen LogP) is 0.627. The minimum absolute atomic E-state index is 0.139. The molecule has 0 rings (SSSR count). The van der Waals surface area contributed by atoms with Gasteiger partial charge >= 0.3 is 0 Å². The second kappa shape index (κ2) is 12.8. The first-order valence-corrected chi connectivity index (χ1v) is 5.19. The Morgan fingerprint density at radius 1 is 1.00 bits per heavy atom. The molecule has 0 aromatic carbocycles. The van der Waals surface area contributed by atoms with E-state index in [9.17, 15) is 0 Å². The fourth-order valence-corrected chi connectivity index (χ4v) is 0.754. The van der Waals surface area contributed by atoms with Gasteiger partial charge in [0, 0.05) is 0 Å². The van der Waals surface area contributed by atoms with Crippen molar-refractivity contribution in [2.45, 2.75) is 58.3 Å². The van der Waals surface area contributed by atoms with E-state index in [0.717, 1.165) is 12.8 Å². The van der Waals surface area contributed by atoms with Crippen LogP contribution in [0, 0.1) is 0 Å². The molecule has 0 aliphatic carbocycles. The maximum Gasteiger partial charge on any atom is 0.151 e. The fraction of sp³-hybridized carbons (Fsp3) is 1.00. The molecular weight excluding hydrogens is 184 g/mol. The van der Waals surface area contributed by atoms with Crippen molar-refractivity contribution in [2.24, 2.45) is 0 Å². The van der Waals surface area contributed by atoms with E-state index in [1.165, 1.54) is 19.8 Å². The molecule has 0 bridgehead atoms. The molecule has 0 radical (unpaired) electrons. The molecule has 1 atom stereocenters. The summed E-state index contributed by atoms with van der Waals surface area (Å²) in [6.45, 7) is 3.52. The number of hydrogen-bond acceptors (Lipinski definition) is 4. The second-order valence-corrected chi connectivity index (χ2v) is 3.36. The zero-order chi connectivity index (χ0) is 11.4. The van der Waals surface area contributed by atoms with E-state index in [0.29, 0.717) is 6.42 Å². The van der Waals surface area contributed by atoms with E-state index in [4.69, 9.17) is 20.4 Å². The average molecular weight is 208 g/mol. The number of aliphatic hydroxyl groups is 4. The molecule has 4 heteroatoms. The fourth-order valence-electron chi connectivity index (χ4n) is 0.754.